The summed E-state index contributed by atoms with van der Waals surface area (Å²) in [6.07, 6.45) is 1.45. The largest absolute Gasteiger partial charge is 0.481 e. The lowest BCUT2D eigenvalue weighted by molar-refractivity contribution is -0.141. The molecular formula is C14H19NO4S. The van der Waals surface area contributed by atoms with Crippen LogP contribution < -0.4 is 4.72 Å². The zero-order valence-corrected chi connectivity index (χ0v) is 12.4. The molecule has 1 saturated carbocycles. The Morgan fingerprint density at radius 3 is 2.60 bits per heavy atom. The van der Waals surface area contributed by atoms with Crippen LogP contribution in [0.3, 0.4) is 0 Å². The molecule has 5 nitrogen and oxygen atoms in total. The highest BCUT2D eigenvalue weighted by molar-refractivity contribution is 7.89. The standard InChI is InChI=1S/C14H19NO4S/c1-9-3-4-10(2)13(7-9)20(18,19)15-12-6-5-11(8-12)14(16)17/h3-4,7,11-12,15H,5-6,8H2,1-2H3,(H,16,17). The van der Waals surface area contributed by atoms with Gasteiger partial charge >= 0.3 is 5.97 Å². The monoisotopic (exact) mass is 297 g/mol. The molecule has 1 aliphatic carbocycles. The Bertz CT molecular complexity index is 624. The number of hydrogen-bond donors (Lipinski definition) is 2. The number of carbonyl (C=O) groups is 1. The lowest BCUT2D eigenvalue weighted by Crippen LogP contribution is -2.33. The Morgan fingerprint density at radius 2 is 2.00 bits per heavy atom. The van der Waals surface area contributed by atoms with Crippen LogP contribution in [-0.4, -0.2) is 25.5 Å². The van der Waals surface area contributed by atoms with Crippen LogP contribution in [0.2, 0.25) is 0 Å². The van der Waals surface area contributed by atoms with E-state index in [1.54, 1.807) is 19.1 Å². The van der Waals surface area contributed by atoms with Gasteiger partial charge in [0.2, 0.25) is 10.0 Å². The van der Waals surface area contributed by atoms with Crippen molar-refractivity contribution in [2.45, 2.75) is 44.0 Å². The Kier molecular flexibility index (Phi) is 4.15. The second-order valence-electron chi connectivity index (χ2n) is 5.44. The first-order valence-corrected chi connectivity index (χ1v) is 8.10. The Labute approximate surface area is 119 Å². The average Bonchev–Trinajstić information content (AvgIpc) is 2.80. The van der Waals surface area contributed by atoms with Gasteiger partial charge in [0.1, 0.15) is 0 Å². The predicted molar refractivity (Wildman–Crippen MR) is 75.0 cm³/mol. The van der Waals surface area contributed by atoms with E-state index in [0.717, 1.165) is 5.56 Å². The molecule has 0 heterocycles. The molecule has 6 heteroatoms. The molecule has 20 heavy (non-hydrogen) atoms. The fourth-order valence-electron chi connectivity index (χ4n) is 2.59. The molecular weight excluding hydrogens is 278 g/mol. The Morgan fingerprint density at radius 1 is 1.30 bits per heavy atom. The molecule has 0 aromatic heterocycles. The third-order valence-corrected chi connectivity index (χ3v) is 5.40. The van der Waals surface area contributed by atoms with Crippen molar-refractivity contribution in [3.8, 4) is 0 Å². The summed E-state index contributed by atoms with van der Waals surface area (Å²) < 4.78 is 27.4. The van der Waals surface area contributed by atoms with Crippen molar-refractivity contribution in [1.82, 2.24) is 4.72 Å². The van der Waals surface area contributed by atoms with Gasteiger partial charge in [-0.1, -0.05) is 12.1 Å². The number of carboxylic acids is 1. The summed E-state index contributed by atoms with van der Waals surface area (Å²) in [4.78, 5) is 11.2. The van der Waals surface area contributed by atoms with Crippen molar-refractivity contribution in [3.05, 3.63) is 29.3 Å². The molecule has 0 bridgehead atoms. The van der Waals surface area contributed by atoms with Crippen LogP contribution in [-0.2, 0) is 14.8 Å². The summed E-state index contributed by atoms with van der Waals surface area (Å²) in [5.41, 5.74) is 1.57. The SMILES string of the molecule is Cc1ccc(C)c(S(=O)(=O)NC2CCC(C(=O)O)C2)c1. The van der Waals surface area contributed by atoms with Crippen molar-refractivity contribution >= 4 is 16.0 Å². The maximum Gasteiger partial charge on any atom is 0.306 e. The first-order chi connectivity index (χ1) is 9.29. The smallest absolute Gasteiger partial charge is 0.306 e. The van der Waals surface area contributed by atoms with Crippen molar-refractivity contribution in [3.63, 3.8) is 0 Å². The minimum Gasteiger partial charge on any atom is -0.481 e. The number of rotatable bonds is 4. The van der Waals surface area contributed by atoms with Gasteiger partial charge in [-0.25, -0.2) is 13.1 Å². The molecule has 1 aliphatic rings. The van der Waals surface area contributed by atoms with Crippen LogP contribution in [0.5, 0.6) is 0 Å². The van der Waals surface area contributed by atoms with E-state index in [1.807, 2.05) is 13.0 Å². The van der Waals surface area contributed by atoms with Crippen LogP contribution >= 0.6 is 0 Å². The molecule has 2 unspecified atom stereocenters. The predicted octanol–water partition coefficient (Wildman–Crippen LogP) is 1.84. The maximum absolute atomic E-state index is 12.4. The highest BCUT2D eigenvalue weighted by Gasteiger charge is 2.32. The second kappa shape index (κ2) is 5.54. The molecule has 0 radical (unpaired) electrons. The van der Waals surface area contributed by atoms with Gasteiger partial charge in [0.25, 0.3) is 0 Å². The van der Waals surface area contributed by atoms with Gasteiger partial charge in [0.05, 0.1) is 10.8 Å². The van der Waals surface area contributed by atoms with Gasteiger partial charge in [0, 0.05) is 6.04 Å². The summed E-state index contributed by atoms with van der Waals surface area (Å²) in [6.45, 7) is 3.59. The Balaban J connectivity index is 2.16. The summed E-state index contributed by atoms with van der Waals surface area (Å²) in [7, 11) is -3.59. The van der Waals surface area contributed by atoms with E-state index in [1.165, 1.54) is 0 Å². The van der Waals surface area contributed by atoms with Crippen molar-refractivity contribution < 1.29 is 18.3 Å². The van der Waals surface area contributed by atoms with Crippen LogP contribution in [0, 0.1) is 19.8 Å². The van der Waals surface area contributed by atoms with Crippen molar-refractivity contribution in [2.24, 2.45) is 5.92 Å². The quantitative estimate of drug-likeness (QED) is 0.888. The van der Waals surface area contributed by atoms with E-state index in [9.17, 15) is 13.2 Å². The number of sulfonamides is 1. The van der Waals surface area contributed by atoms with E-state index in [2.05, 4.69) is 4.72 Å². The minimum atomic E-state index is -3.59. The van der Waals surface area contributed by atoms with Crippen molar-refractivity contribution in [1.29, 1.82) is 0 Å². The molecule has 1 aromatic rings. The molecule has 2 atom stereocenters. The van der Waals surface area contributed by atoms with E-state index < -0.39 is 21.9 Å². The molecule has 1 fully saturated rings. The van der Waals surface area contributed by atoms with Gasteiger partial charge in [-0.2, -0.15) is 0 Å². The van der Waals surface area contributed by atoms with Gasteiger partial charge < -0.3 is 5.11 Å². The van der Waals surface area contributed by atoms with Crippen LogP contribution in [0.25, 0.3) is 0 Å². The van der Waals surface area contributed by atoms with Crippen LogP contribution in [0.1, 0.15) is 30.4 Å². The molecule has 1 aromatic carbocycles. The molecule has 2 N–H and O–H groups in total. The van der Waals surface area contributed by atoms with Gasteiger partial charge in [-0.05, 0) is 50.3 Å². The fraction of sp³-hybridized carbons (Fsp3) is 0.500. The molecule has 0 aliphatic heterocycles. The zero-order valence-electron chi connectivity index (χ0n) is 11.6. The number of hydrogen-bond acceptors (Lipinski definition) is 3. The van der Waals surface area contributed by atoms with Gasteiger partial charge in [0.15, 0.2) is 0 Å². The third-order valence-electron chi connectivity index (χ3n) is 3.74. The molecule has 0 amide bonds. The van der Waals surface area contributed by atoms with Crippen LogP contribution in [0.4, 0.5) is 0 Å². The highest BCUT2D eigenvalue weighted by Crippen LogP contribution is 2.27. The summed E-state index contributed by atoms with van der Waals surface area (Å²) in [5.74, 6) is -1.29. The van der Waals surface area contributed by atoms with Gasteiger partial charge in [-0.3, -0.25) is 4.79 Å². The number of aryl methyl sites for hydroxylation is 2. The molecule has 0 saturated heterocycles. The van der Waals surface area contributed by atoms with E-state index in [0.29, 0.717) is 24.8 Å². The lowest BCUT2D eigenvalue weighted by atomic mass is 10.1. The molecule has 0 spiro atoms. The van der Waals surface area contributed by atoms with Crippen LogP contribution in [0.15, 0.2) is 23.1 Å². The zero-order chi connectivity index (χ0) is 14.9. The number of nitrogens with one attached hydrogen (secondary N) is 1. The fourth-order valence-corrected chi connectivity index (χ4v) is 4.21. The summed E-state index contributed by atoms with van der Waals surface area (Å²) in [5, 5.41) is 8.95. The van der Waals surface area contributed by atoms with E-state index in [4.69, 9.17) is 5.11 Å². The number of benzene rings is 1. The summed E-state index contributed by atoms with van der Waals surface area (Å²) >= 11 is 0. The third kappa shape index (κ3) is 3.19. The first-order valence-electron chi connectivity index (χ1n) is 6.62. The minimum absolute atomic E-state index is 0.274. The van der Waals surface area contributed by atoms with E-state index in [-0.39, 0.29) is 10.9 Å². The normalized spacial score (nSPS) is 22.9. The molecule has 110 valence electrons. The highest BCUT2D eigenvalue weighted by atomic mass is 32.2. The van der Waals surface area contributed by atoms with Crippen molar-refractivity contribution in [2.75, 3.05) is 0 Å². The van der Waals surface area contributed by atoms with Gasteiger partial charge in [-0.15, -0.1) is 0 Å². The van der Waals surface area contributed by atoms with E-state index >= 15 is 0 Å². The second-order valence-corrected chi connectivity index (χ2v) is 7.12. The molecule has 2 rings (SSSR count). The maximum atomic E-state index is 12.4. The first kappa shape index (κ1) is 15.0. The topological polar surface area (TPSA) is 83.5 Å². The average molecular weight is 297 g/mol. The number of aliphatic carboxylic acids is 1. The lowest BCUT2D eigenvalue weighted by Gasteiger charge is -2.15. The number of carboxylic acid groups (broad SMARTS) is 1. The Hall–Kier alpha value is -1.40. The summed E-state index contributed by atoms with van der Waals surface area (Å²) in [6, 6.07) is 4.99.